The number of hydrazone groups is 1. The Hall–Kier alpha value is -3.52. The van der Waals surface area contributed by atoms with E-state index in [1.807, 2.05) is 56.3 Å². The SMILES string of the molecule is Cc1cccc(C)c1NCC(=O)NN=Cc1cc(N=Nc2cccc(Br)c2)ccc1O. The van der Waals surface area contributed by atoms with Gasteiger partial charge >= 0.3 is 0 Å². The average molecular weight is 480 g/mol. The number of benzene rings is 3. The van der Waals surface area contributed by atoms with Gasteiger partial charge in [-0.2, -0.15) is 15.3 Å². The third kappa shape index (κ3) is 6.48. The third-order valence-electron chi connectivity index (χ3n) is 4.40. The van der Waals surface area contributed by atoms with Gasteiger partial charge in [0.1, 0.15) is 5.75 Å². The van der Waals surface area contributed by atoms with E-state index in [4.69, 9.17) is 0 Å². The molecule has 0 unspecified atom stereocenters. The number of rotatable bonds is 7. The second-order valence-corrected chi connectivity index (χ2v) is 7.75. The lowest BCUT2D eigenvalue weighted by atomic mass is 10.1. The summed E-state index contributed by atoms with van der Waals surface area (Å²) in [7, 11) is 0. The number of para-hydroxylation sites is 1. The predicted octanol–water partition coefficient (Wildman–Crippen LogP) is 5.75. The highest BCUT2D eigenvalue weighted by Gasteiger charge is 2.05. The van der Waals surface area contributed by atoms with E-state index in [0.717, 1.165) is 21.3 Å². The van der Waals surface area contributed by atoms with Crippen LogP contribution in [0.1, 0.15) is 16.7 Å². The quantitative estimate of drug-likeness (QED) is 0.228. The molecular formula is C23H22BrN5O2. The molecule has 3 aromatic carbocycles. The molecule has 8 heteroatoms. The number of aromatic hydroxyl groups is 1. The number of carbonyl (C=O) groups is 1. The van der Waals surface area contributed by atoms with E-state index in [9.17, 15) is 9.90 Å². The predicted molar refractivity (Wildman–Crippen MR) is 127 cm³/mol. The van der Waals surface area contributed by atoms with Crippen LogP contribution in [-0.2, 0) is 4.79 Å². The first-order chi connectivity index (χ1) is 14.9. The minimum Gasteiger partial charge on any atom is -0.507 e. The molecular weight excluding hydrogens is 458 g/mol. The summed E-state index contributed by atoms with van der Waals surface area (Å²) in [6.45, 7) is 4.04. The van der Waals surface area contributed by atoms with Crippen LogP contribution in [0.2, 0.25) is 0 Å². The zero-order valence-corrected chi connectivity index (χ0v) is 18.7. The number of carbonyl (C=O) groups excluding carboxylic acids is 1. The van der Waals surface area contributed by atoms with Crippen molar-refractivity contribution >= 4 is 45.1 Å². The zero-order chi connectivity index (χ0) is 22.2. The number of aryl methyl sites for hydroxylation is 2. The summed E-state index contributed by atoms with van der Waals surface area (Å²) in [5, 5.41) is 25.4. The number of hydrogen-bond acceptors (Lipinski definition) is 6. The first-order valence-electron chi connectivity index (χ1n) is 9.54. The monoisotopic (exact) mass is 479 g/mol. The third-order valence-corrected chi connectivity index (χ3v) is 4.89. The van der Waals surface area contributed by atoms with Crippen LogP contribution < -0.4 is 10.7 Å². The summed E-state index contributed by atoms with van der Waals surface area (Å²) in [4.78, 5) is 12.1. The normalized spacial score (nSPS) is 11.2. The van der Waals surface area contributed by atoms with Crippen molar-refractivity contribution in [3.8, 4) is 5.75 Å². The van der Waals surface area contributed by atoms with E-state index in [2.05, 4.69) is 42.0 Å². The molecule has 0 saturated carbocycles. The zero-order valence-electron chi connectivity index (χ0n) is 17.1. The van der Waals surface area contributed by atoms with Gasteiger partial charge in [-0.3, -0.25) is 4.79 Å². The fourth-order valence-electron chi connectivity index (χ4n) is 2.84. The Bertz CT molecular complexity index is 1120. The van der Waals surface area contributed by atoms with Gasteiger partial charge in [-0.25, -0.2) is 5.43 Å². The largest absolute Gasteiger partial charge is 0.507 e. The number of phenolic OH excluding ortho intramolecular Hbond substituents is 1. The van der Waals surface area contributed by atoms with Crippen LogP contribution in [0.4, 0.5) is 17.1 Å². The lowest BCUT2D eigenvalue weighted by molar-refractivity contribution is -0.119. The number of phenols is 1. The van der Waals surface area contributed by atoms with Crippen LogP contribution >= 0.6 is 15.9 Å². The summed E-state index contributed by atoms with van der Waals surface area (Å²) in [5.74, 6) is -0.281. The number of hydrogen-bond donors (Lipinski definition) is 3. The van der Waals surface area contributed by atoms with Crippen molar-refractivity contribution in [3.05, 3.63) is 81.8 Å². The van der Waals surface area contributed by atoms with Gasteiger partial charge in [0.05, 0.1) is 24.1 Å². The molecule has 0 atom stereocenters. The summed E-state index contributed by atoms with van der Waals surface area (Å²) in [6.07, 6.45) is 1.37. The van der Waals surface area contributed by atoms with Crippen molar-refractivity contribution < 1.29 is 9.90 Å². The van der Waals surface area contributed by atoms with Crippen molar-refractivity contribution in [2.24, 2.45) is 15.3 Å². The van der Waals surface area contributed by atoms with E-state index in [1.165, 1.54) is 12.3 Å². The smallest absolute Gasteiger partial charge is 0.259 e. The second-order valence-electron chi connectivity index (χ2n) is 6.84. The molecule has 0 radical (unpaired) electrons. The number of anilines is 1. The van der Waals surface area contributed by atoms with Crippen LogP contribution in [0.5, 0.6) is 5.75 Å². The van der Waals surface area contributed by atoms with Gasteiger partial charge in [0.2, 0.25) is 0 Å². The van der Waals surface area contributed by atoms with Gasteiger partial charge in [0.25, 0.3) is 5.91 Å². The number of halogens is 1. The highest BCUT2D eigenvalue weighted by Crippen LogP contribution is 2.25. The molecule has 3 N–H and O–H groups in total. The van der Waals surface area contributed by atoms with Crippen LogP contribution in [0, 0.1) is 13.8 Å². The molecule has 0 saturated heterocycles. The molecule has 7 nitrogen and oxygen atoms in total. The Morgan fingerprint density at radius 1 is 1.00 bits per heavy atom. The maximum atomic E-state index is 12.1. The summed E-state index contributed by atoms with van der Waals surface area (Å²) < 4.78 is 0.908. The maximum Gasteiger partial charge on any atom is 0.259 e. The Morgan fingerprint density at radius 2 is 1.68 bits per heavy atom. The fraction of sp³-hybridized carbons (Fsp3) is 0.130. The van der Waals surface area contributed by atoms with Gasteiger partial charge in [-0.1, -0.05) is 40.2 Å². The Morgan fingerprint density at radius 3 is 2.39 bits per heavy atom. The van der Waals surface area contributed by atoms with Gasteiger partial charge in [-0.15, -0.1) is 0 Å². The highest BCUT2D eigenvalue weighted by atomic mass is 79.9. The molecule has 0 aliphatic carbocycles. The van der Waals surface area contributed by atoms with Crippen molar-refractivity contribution in [2.45, 2.75) is 13.8 Å². The topological polar surface area (TPSA) is 98.4 Å². The molecule has 0 heterocycles. The molecule has 0 aromatic heterocycles. The molecule has 31 heavy (non-hydrogen) atoms. The maximum absolute atomic E-state index is 12.1. The number of nitrogens with one attached hydrogen (secondary N) is 2. The first-order valence-corrected chi connectivity index (χ1v) is 10.3. The van der Waals surface area contributed by atoms with Crippen LogP contribution in [0.3, 0.4) is 0 Å². The first kappa shape index (κ1) is 22.2. The number of amides is 1. The van der Waals surface area contributed by atoms with E-state index in [1.54, 1.807) is 12.1 Å². The van der Waals surface area contributed by atoms with Gasteiger partial charge in [-0.05, 0) is 61.4 Å². The van der Waals surface area contributed by atoms with E-state index >= 15 is 0 Å². The lowest BCUT2D eigenvalue weighted by Gasteiger charge is -2.11. The average Bonchev–Trinajstić information content (AvgIpc) is 2.74. The lowest BCUT2D eigenvalue weighted by Crippen LogP contribution is -2.26. The number of azo groups is 1. The number of nitrogens with zero attached hydrogens (tertiary/aromatic N) is 3. The van der Waals surface area contributed by atoms with Gasteiger partial charge < -0.3 is 10.4 Å². The summed E-state index contributed by atoms with van der Waals surface area (Å²) in [5.41, 5.74) is 7.16. The molecule has 0 fully saturated rings. The summed E-state index contributed by atoms with van der Waals surface area (Å²) in [6, 6.07) is 18.1. The van der Waals surface area contributed by atoms with Crippen LogP contribution in [0.15, 0.2) is 80.5 Å². The molecule has 0 aliphatic rings. The Balaban J connectivity index is 1.60. The van der Waals surface area contributed by atoms with Gasteiger partial charge in [0, 0.05) is 15.7 Å². The summed E-state index contributed by atoms with van der Waals surface area (Å²) >= 11 is 3.39. The standard InChI is InChI=1S/C23H22BrN5O2/c1-15-5-3-6-16(2)23(15)25-14-22(31)29-26-13-17-11-20(9-10-21(17)30)28-27-19-8-4-7-18(24)12-19/h3-13,25,30H,14H2,1-2H3,(H,29,31). The minimum absolute atomic E-state index is 0.0214. The van der Waals surface area contributed by atoms with Crippen LogP contribution in [-0.4, -0.2) is 23.8 Å². The molecule has 0 bridgehead atoms. The Labute approximate surface area is 189 Å². The second kappa shape index (κ2) is 10.5. The minimum atomic E-state index is -0.302. The van der Waals surface area contributed by atoms with E-state index in [-0.39, 0.29) is 18.2 Å². The molecule has 3 aromatic rings. The molecule has 158 valence electrons. The molecule has 1 amide bonds. The fourth-order valence-corrected chi connectivity index (χ4v) is 3.22. The molecule has 0 aliphatic heterocycles. The highest BCUT2D eigenvalue weighted by molar-refractivity contribution is 9.10. The molecule has 3 rings (SSSR count). The van der Waals surface area contributed by atoms with E-state index in [0.29, 0.717) is 16.9 Å². The van der Waals surface area contributed by atoms with Crippen molar-refractivity contribution in [3.63, 3.8) is 0 Å². The Kier molecular flexibility index (Phi) is 7.50. The van der Waals surface area contributed by atoms with Crippen molar-refractivity contribution in [2.75, 3.05) is 11.9 Å². The van der Waals surface area contributed by atoms with Gasteiger partial charge in [0.15, 0.2) is 0 Å². The van der Waals surface area contributed by atoms with Crippen LogP contribution in [0.25, 0.3) is 0 Å². The van der Waals surface area contributed by atoms with Crippen molar-refractivity contribution in [1.29, 1.82) is 0 Å². The molecule has 0 spiro atoms. The van der Waals surface area contributed by atoms with Crippen molar-refractivity contribution in [1.82, 2.24) is 5.43 Å². The van der Waals surface area contributed by atoms with E-state index < -0.39 is 0 Å².